The Balaban J connectivity index is -0.00000000762. The predicted molar refractivity (Wildman–Crippen MR) is 42.6 cm³/mol. The number of hydrogen-bond acceptors (Lipinski definition) is 8. The quantitative estimate of drug-likeness (QED) is 0.281. The molecule has 14 nitrogen and oxygen atoms in total. The van der Waals surface area contributed by atoms with Crippen LogP contribution in [-0.4, -0.2) is 67.9 Å². The van der Waals surface area contributed by atoms with Crippen molar-refractivity contribution in [3.8, 4) is 0 Å². The molecule has 17 heavy (non-hydrogen) atoms. The van der Waals surface area contributed by atoms with Crippen molar-refractivity contribution < 1.29 is 94.1 Å². The van der Waals surface area contributed by atoms with Crippen LogP contribution in [0.15, 0.2) is 0 Å². The average Bonchev–Trinajstić information content (AvgIpc) is 1.12. The molecule has 0 aliphatic heterocycles. The molecule has 0 spiro atoms. The van der Waals surface area contributed by atoms with Crippen LogP contribution < -0.4 is 0 Å². The monoisotopic (exact) mass is 390 g/mol. The zero-order chi connectivity index (χ0) is 9.00. The molecule has 0 saturated heterocycles. The third-order valence-corrected chi connectivity index (χ3v) is 0. The van der Waals surface area contributed by atoms with Crippen LogP contribution in [0.1, 0.15) is 0 Å². The maximum absolute atomic E-state index is 8.52. The van der Waals surface area contributed by atoms with Gasteiger partial charge in [0, 0.05) is 20.8 Å². The van der Waals surface area contributed by atoms with E-state index in [1.165, 1.54) is 0 Å². The van der Waals surface area contributed by atoms with E-state index in [0.717, 1.165) is 0 Å². The normalized spacial score (nSPS) is 6.82. The van der Waals surface area contributed by atoms with Crippen molar-refractivity contribution >= 4 is 20.8 Å². The van der Waals surface area contributed by atoms with Crippen LogP contribution in [0.2, 0.25) is 0 Å². The van der Waals surface area contributed by atoms with Crippen molar-refractivity contribution in [2.45, 2.75) is 0 Å². The van der Waals surface area contributed by atoms with E-state index in [2.05, 4.69) is 0 Å². The Morgan fingerprint density at radius 1 is 0.471 bits per heavy atom. The van der Waals surface area contributed by atoms with Gasteiger partial charge in [-0.1, -0.05) is 0 Å². The van der Waals surface area contributed by atoms with Crippen molar-refractivity contribution in [3.05, 3.63) is 0 Å². The minimum atomic E-state index is -5.17. The van der Waals surface area contributed by atoms with Gasteiger partial charge in [0.25, 0.3) is 0 Å². The summed E-state index contributed by atoms with van der Waals surface area (Å²) in [4.78, 5) is 0. The summed E-state index contributed by atoms with van der Waals surface area (Å²) in [6.07, 6.45) is 0. The maximum Gasteiger partial charge on any atom is 4.00 e. The van der Waals surface area contributed by atoms with Crippen LogP contribution in [0.3, 0.4) is 0 Å². The maximum atomic E-state index is 8.52. The summed E-state index contributed by atoms with van der Waals surface area (Å²) >= 11 is 0. The fraction of sp³-hybridized carbons (Fsp3) is 0. The van der Waals surface area contributed by atoms with E-state index in [9.17, 15) is 0 Å². The predicted octanol–water partition coefficient (Wildman–Crippen LogP) is -7.63. The Hall–Kier alpha value is 0.383. The van der Waals surface area contributed by atoms with Crippen molar-refractivity contribution in [2.24, 2.45) is 0 Å². The molecule has 0 atom stereocenters. The van der Waals surface area contributed by atoms with Gasteiger partial charge >= 0.3 is 26.2 Å². The molecule has 12 N–H and O–H groups in total. The first-order valence-electron chi connectivity index (χ1n) is 1.33. The van der Waals surface area contributed by atoms with Crippen LogP contribution in [0.5, 0.6) is 0 Å². The molecular weight excluding hydrogens is 379 g/mol. The van der Waals surface area contributed by atoms with Gasteiger partial charge in [-0.05, 0) is 0 Å². The Labute approximate surface area is 115 Å². The number of hydrogen-bond donors (Lipinski definition) is 0. The first-order valence-corrected chi connectivity index (χ1v) is 4.00. The molecule has 0 fully saturated rings. The van der Waals surface area contributed by atoms with E-state index in [1.807, 2.05) is 0 Å². The van der Waals surface area contributed by atoms with Crippen molar-refractivity contribution in [3.63, 3.8) is 0 Å². The van der Waals surface area contributed by atoms with E-state index in [1.54, 1.807) is 0 Å². The van der Waals surface area contributed by atoms with Crippen LogP contribution in [-0.2, 0) is 47.0 Å². The second-order valence-electron chi connectivity index (χ2n) is 0.816. The van der Waals surface area contributed by atoms with Gasteiger partial charge in [0.05, 0.1) is 0 Å². The van der Waals surface area contributed by atoms with Gasteiger partial charge in [-0.15, -0.1) is 0 Å². The molecular formula is H12O14S2Zr. The van der Waals surface area contributed by atoms with E-state index < -0.39 is 20.8 Å². The van der Waals surface area contributed by atoms with Crippen LogP contribution in [0.4, 0.5) is 0 Å². The van der Waals surface area contributed by atoms with Gasteiger partial charge in [-0.3, -0.25) is 16.8 Å². The summed E-state index contributed by atoms with van der Waals surface area (Å²) in [6, 6.07) is 0. The molecule has 0 aromatic heterocycles. The molecule has 0 aliphatic carbocycles. The van der Waals surface area contributed by atoms with Crippen molar-refractivity contribution in [2.75, 3.05) is 0 Å². The molecule has 0 bridgehead atoms. The van der Waals surface area contributed by atoms with Crippen molar-refractivity contribution in [1.29, 1.82) is 0 Å². The smallest absolute Gasteiger partial charge is 0.759 e. The summed E-state index contributed by atoms with van der Waals surface area (Å²) < 4.78 is 68.2. The van der Waals surface area contributed by atoms with Gasteiger partial charge in [0.2, 0.25) is 0 Å². The largest absolute Gasteiger partial charge is 4.00 e. The second-order valence-corrected chi connectivity index (χ2v) is 2.45. The topological polar surface area (TPSA) is 350 Å². The van der Waals surface area contributed by atoms with E-state index in [0.29, 0.717) is 0 Å². The molecule has 0 amide bonds. The standard InChI is InChI=1S/2H2O4S.6H2O.Zr/c2*1-5(2,3)4;;;;;;;/h2*(H2,1,2,3,4);6*1H2;/q;;;;;;;;+4/p-4. The SMILES string of the molecule is O.O.O.O.O.O.O=S(=O)([O-])[O-].O=S(=O)([O-])[O-].[Zr+4]. The third kappa shape index (κ3) is 23100. The molecule has 0 aromatic carbocycles. The van der Waals surface area contributed by atoms with Crippen LogP contribution in [0.25, 0.3) is 0 Å². The fourth-order valence-corrected chi connectivity index (χ4v) is 0. The molecule has 0 saturated carbocycles. The number of rotatable bonds is 0. The Kier molecular flexibility index (Phi) is 98.7. The first-order chi connectivity index (χ1) is 4.00. The van der Waals surface area contributed by atoms with E-state index in [-0.39, 0.29) is 59.1 Å². The molecule has 17 heteroatoms. The zero-order valence-electron chi connectivity index (χ0n) is 7.58. The van der Waals surface area contributed by atoms with Gasteiger partial charge < -0.3 is 51.1 Å². The minimum Gasteiger partial charge on any atom is -0.759 e. The summed E-state index contributed by atoms with van der Waals surface area (Å²) in [5.74, 6) is 0. The molecule has 0 aromatic rings. The summed E-state index contributed by atoms with van der Waals surface area (Å²) in [7, 11) is -10.3. The van der Waals surface area contributed by atoms with Crippen molar-refractivity contribution in [1.82, 2.24) is 0 Å². The van der Waals surface area contributed by atoms with Crippen LogP contribution >= 0.6 is 0 Å². The summed E-state index contributed by atoms with van der Waals surface area (Å²) in [5.41, 5.74) is 0. The molecule has 0 radical (unpaired) electrons. The molecule has 0 unspecified atom stereocenters. The molecule has 0 rings (SSSR count). The van der Waals surface area contributed by atoms with Crippen LogP contribution in [0, 0.1) is 0 Å². The Morgan fingerprint density at radius 2 is 0.471 bits per heavy atom. The van der Waals surface area contributed by atoms with Gasteiger partial charge in [0.1, 0.15) is 0 Å². The second kappa shape index (κ2) is 25.3. The van der Waals surface area contributed by atoms with Gasteiger partial charge in [-0.2, -0.15) is 0 Å². The summed E-state index contributed by atoms with van der Waals surface area (Å²) in [5, 5.41) is 0. The fourth-order valence-electron chi connectivity index (χ4n) is 0. The molecule has 0 heterocycles. The molecule has 112 valence electrons. The minimum absolute atomic E-state index is 0. The van der Waals surface area contributed by atoms with Gasteiger partial charge in [0.15, 0.2) is 0 Å². The summed E-state index contributed by atoms with van der Waals surface area (Å²) in [6.45, 7) is 0. The van der Waals surface area contributed by atoms with E-state index in [4.69, 9.17) is 35.0 Å². The first kappa shape index (κ1) is 66.4. The average molecular weight is 391 g/mol. The third-order valence-electron chi connectivity index (χ3n) is 0. The van der Waals surface area contributed by atoms with E-state index >= 15 is 0 Å². The Bertz CT molecular complexity index is 211. The zero-order valence-corrected chi connectivity index (χ0v) is 11.7. The molecule has 0 aliphatic rings. The Morgan fingerprint density at radius 3 is 0.471 bits per heavy atom. The van der Waals surface area contributed by atoms with Gasteiger partial charge in [-0.25, -0.2) is 0 Å².